The molecule has 1 heterocycles. The van der Waals surface area contributed by atoms with Crippen LogP contribution in [0.25, 0.3) is 0 Å². The fourth-order valence-electron chi connectivity index (χ4n) is 2.53. The Morgan fingerprint density at radius 1 is 1.42 bits per heavy atom. The van der Waals surface area contributed by atoms with Crippen LogP contribution >= 0.6 is 0 Å². The topological polar surface area (TPSA) is 72.9 Å². The first-order valence-electron chi connectivity index (χ1n) is 6.45. The van der Waals surface area contributed by atoms with Crippen molar-refractivity contribution in [2.45, 2.75) is 51.7 Å². The summed E-state index contributed by atoms with van der Waals surface area (Å²) in [5.74, 6) is -0.984. The molecular weight excluding hydrogens is 250 g/mol. The second kappa shape index (κ2) is 4.21. The minimum absolute atomic E-state index is 0.119. The van der Waals surface area contributed by atoms with Gasteiger partial charge in [0.1, 0.15) is 5.60 Å². The summed E-state index contributed by atoms with van der Waals surface area (Å²) in [6.45, 7) is 7.07. The largest absolute Gasteiger partial charge is 0.464 e. The van der Waals surface area contributed by atoms with Gasteiger partial charge < -0.3 is 9.47 Å². The molecule has 1 aliphatic carbocycles. The summed E-state index contributed by atoms with van der Waals surface area (Å²) in [6, 6.07) is 0. The van der Waals surface area contributed by atoms with Crippen LogP contribution in [0.15, 0.2) is 0 Å². The second-order valence-electron chi connectivity index (χ2n) is 5.96. The van der Waals surface area contributed by atoms with E-state index in [1.807, 2.05) is 0 Å². The normalized spacial score (nSPS) is 28.9. The molecule has 0 unspecified atom stereocenters. The lowest BCUT2D eigenvalue weighted by atomic mass is 10.2. The zero-order valence-electron chi connectivity index (χ0n) is 11.7. The van der Waals surface area contributed by atoms with Crippen LogP contribution in [-0.2, 0) is 19.1 Å². The number of piperidine rings is 1. The molecule has 2 fully saturated rings. The van der Waals surface area contributed by atoms with Crippen LogP contribution in [0.1, 0.15) is 40.5 Å². The van der Waals surface area contributed by atoms with Gasteiger partial charge in [-0.1, -0.05) is 0 Å². The van der Waals surface area contributed by atoms with Gasteiger partial charge in [-0.15, -0.1) is 0 Å². The number of ether oxygens (including phenoxy) is 2. The first kappa shape index (κ1) is 13.8. The maximum absolute atomic E-state index is 12.1. The number of esters is 1. The van der Waals surface area contributed by atoms with Gasteiger partial charge in [-0.05, 0) is 34.1 Å². The average molecular weight is 269 g/mol. The molecule has 1 saturated heterocycles. The summed E-state index contributed by atoms with van der Waals surface area (Å²) < 4.78 is 10.2. The molecule has 0 aromatic heterocycles. The van der Waals surface area contributed by atoms with Gasteiger partial charge in [0.15, 0.2) is 5.54 Å². The molecule has 0 aromatic carbocycles. The van der Waals surface area contributed by atoms with Crippen LogP contribution in [0.2, 0.25) is 0 Å². The van der Waals surface area contributed by atoms with E-state index in [0.29, 0.717) is 6.42 Å². The number of carbonyl (C=O) groups is 3. The summed E-state index contributed by atoms with van der Waals surface area (Å²) in [5, 5.41) is 0. The predicted molar refractivity (Wildman–Crippen MR) is 65.2 cm³/mol. The van der Waals surface area contributed by atoms with E-state index in [4.69, 9.17) is 9.47 Å². The van der Waals surface area contributed by atoms with Crippen molar-refractivity contribution in [1.82, 2.24) is 4.90 Å². The summed E-state index contributed by atoms with van der Waals surface area (Å²) in [5.41, 5.74) is -1.81. The highest BCUT2D eigenvalue weighted by atomic mass is 16.6. The van der Waals surface area contributed by atoms with Crippen molar-refractivity contribution in [2.75, 3.05) is 6.61 Å². The Bertz CT molecular complexity index is 439. The van der Waals surface area contributed by atoms with E-state index in [2.05, 4.69) is 0 Å². The number of carbonyl (C=O) groups excluding carboxylic acids is 3. The van der Waals surface area contributed by atoms with Crippen LogP contribution < -0.4 is 0 Å². The third-order valence-electron chi connectivity index (χ3n) is 3.35. The van der Waals surface area contributed by atoms with E-state index in [0.717, 1.165) is 4.90 Å². The zero-order chi connectivity index (χ0) is 14.4. The lowest BCUT2D eigenvalue weighted by molar-refractivity contribution is -0.154. The van der Waals surface area contributed by atoms with E-state index < -0.39 is 23.2 Å². The molecule has 0 N–H and O–H groups in total. The fraction of sp³-hybridized carbons (Fsp3) is 0.769. The van der Waals surface area contributed by atoms with Gasteiger partial charge in [0.05, 0.1) is 6.61 Å². The molecular formula is C13H19NO5. The number of fused-ring (bicyclic) bond motifs is 1. The highest BCUT2D eigenvalue weighted by Crippen LogP contribution is 2.57. The van der Waals surface area contributed by atoms with Gasteiger partial charge in [0.2, 0.25) is 5.91 Å². The third-order valence-corrected chi connectivity index (χ3v) is 3.35. The molecule has 2 aliphatic rings. The molecule has 19 heavy (non-hydrogen) atoms. The molecule has 1 aliphatic heterocycles. The minimum Gasteiger partial charge on any atom is -0.464 e. The number of hydrogen-bond acceptors (Lipinski definition) is 5. The van der Waals surface area contributed by atoms with Crippen LogP contribution in [0.4, 0.5) is 4.79 Å². The fourth-order valence-corrected chi connectivity index (χ4v) is 2.53. The second-order valence-corrected chi connectivity index (χ2v) is 5.96. The van der Waals surface area contributed by atoms with Crippen molar-refractivity contribution in [3.63, 3.8) is 0 Å². The van der Waals surface area contributed by atoms with Gasteiger partial charge in [0, 0.05) is 12.3 Å². The molecule has 2 amide bonds. The number of rotatable bonds is 2. The molecule has 6 nitrogen and oxygen atoms in total. The minimum atomic E-state index is -1.10. The van der Waals surface area contributed by atoms with E-state index in [-0.39, 0.29) is 24.9 Å². The van der Waals surface area contributed by atoms with E-state index >= 15 is 0 Å². The van der Waals surface area contributed by atoms with Crippen LogP contribution in [0, 0.1) is 5.92 Å². The Labute approximate surface area is 112 Å². The maximum Gasteiger partial charge on any atom is 0.418 e. The van der Waals surface area contributed by atoms with Crippen LogP contribution in [0.3, 0.4) is 0 Å². The smallest absolute Gasteiger partial charge is 0.418 e. The first-order chi connectivity index (χ1) is 8.72. The molecule has 2 rings (SSSR count). The third kappa shape index (κ3) is 2.19. The monoisotopic (exact) mass is 269 g/mol. The number of nitrogens with zero attached hydrogens (tertiary/aromatic N) is 1. The molecule has 1 saturated carbocycles. The highest BCUT2D eigenvalue weighted by molar-refractivity contribution is 6.05. The maximum atomic E-state index is 12.1. The standard InChI is InChI=1S/C13H19NO5/c1-5-18-10(16)13-7-8(13)6-9(15)14(13)11(17)19-12(2,3)4/h8H,5-7H2,1-4H3/t8-,13+/m1/s1. The van der Waals surface area contributed by atoms with Crippen molar-refractivity contribution < 1.29 is 23.9 Å². The predicted octanol–water partition coefficient (Wildman–Crippen LogP) is 1.48. The summed E-state index contributed by atoms with van der Waals surface area (Å²) in [4.78, 5) is 36.9. The van der Waals surface area contributed by atoms with Gasteiger partial charge in [-0.25, -0.2) is 14.5 Å². The Balaban J connectivity index is 2.20. The van der Waals surface area contributed by atoms with E-state index in [9.17, 15) is 14.4 Å². The lowest BCUT2D eigenvalue weighted by Gasteiger charge is -2.28. The Morgan fingerprint density at radius 2 is 2.05 bits per heavy atom. The number of hydrogen-bond donors (Lipinski definition) is 0. The van der Waals surface area contributed by atoms with Crippen LogP contribution in [-0.4, -0.2) is 40.6 Å². The number of imide groups is 1. The van der Waals surface area contributed by atoms with Crippen molar-refractivity contribution in [3.8, 4) is 0 Å². The quantitative estimate of drug-likeness (QED) is 0.710. The van der Waals surface area contributed by atoms with E-state index in [1.165, 1.54) is 0 Å². The van der Waals surface area contributed by atoms with Gasteiger partial charge in [0.25, 0.3) is 0 Å². The van der Waals surface area contributed by atoms with Gasteiger partial charge in [-0.3, -0.25) is 4.79 Å². The Hall–Kier alpha value is -1.59. The summed E-state index contributed by atoms with van der Waals surface area (Å²) >= 11 is 0. The molecule has 6 heteroatoms. The molecule has 2 atom stereocenters. The van der Waals surface area contributed by atoms with E-state index in [1.54, 1.807) is 27.7 Å². The molecule has 0 aromatic rings. The number of likely N-dealkylation sites (tertiary alicyclic amines) is 1. The summed E-state index contributed by atoms with van der Waals surface area (Å²) in [6.07, 6.45) is -0.0694. The Morgan fingerprint density at radius 3 is 2.58 bits per heavy atom. The van der Waals surface area contributed by atoms with Crippen molar-refractivity contribution in [2.24, 2.45) is 5.92 Å². The lowest BCUT2D eigenvalue weighted by Crippen LogP contribution is -2.50. The van der Waals surface area contributed by atoms with Gasteiger partial charge in [-0.2, -0.15) is 0 Å². The van der Waals surface area contributed by atoms with Crippen molar-refractivity contribution in [3.05, 3.63) is 0 Å². The molecule has 0 radical (unpaired) electrons. The first-order valence-corrected chi connectivity index (χ1v) is 6.45. The summed E-state index contributed by atoms with van der Waals surface area (Å²) in [7, 11) is 0. The average Bonchev–Trinajstić information content (AvgIpc) is 2.84. The SMILES string of the molecule is CCOC(=O)[C@]12C[C@H]1CC(=O)N2C(=O)OC(C)(C)C. The zero-order valence-corrected chi connectivity index (χ0v) is 11.7. The molecule has 0 bridgehead atoms. The van der Waals surface area contributed by atoms with Crippen LogP contribution in [0.5, 0.6) is 0 Å². The van der Waals surface area contributed by atoms with Gasteiger partial charge >= 0.3 is 12.1 Å². The Kier molecular flexibility index (Phi) is 3.07. The van der Waals surface area contributed by atoms with Crippen molar-refractivity contribution in [1.29, 1.82) is 0 Å². The molecule has 0 spiro atoms. The number of amides is 2. The van der Waals surface area contributed by atoms with Crippen molar-refractivity contribution >= 4 is 18.0 Å². The highest BCUT2D eigenvalue weighted by Gasteiger charge is 2.73. The molecule has 106 valence electrons.